The molecule has 3 nitrogen and oxygen atoms in total. The van der Waals surface area contributed by atoms with E-state index < -0.39 is 5.97 Å². The van der Waals surface area contributed by atoms with Gasteiger partial charge in [0.1, 0.15) is 0 Å². The molecule has 0 fully saturated rings. The Hall–Kier alpha value is -1.09. The molecule has 0 N–H and O–H groups in total. The van der Waals surface area contributed by atoms with Gasteiger partial charge < -0.3 is 9.47 Å². The number of methoxy groups -OCH3 is 1. The molecule has 0 heterocycles. The van der Waals surface area contributed by atoms with E-state index in [4.69, 9.17) is 4.74 Å². The number of carbonyl (C=O) groups excluding carboxylic acids is 1. The van der Waals surface area contributed by atoms with E-state index in [9.17, 15) is 4.79 Å². The van der Waals surface area contributed by atoms with Gasteiger partial charge in [-0.25, -0.2) is 4.79 Å². The lowest BCUT2D eigenvalue weighted by Gasteiger charge is -2.23. The van der Waals surface area contributed by atoms with Gasteiger partial charge in [-0.3, -0.25) is 0 Å². The number of carbonyl (C=O) groups is 1. The summed E-state index contributed by atoms with van der Waals surface area (Å²) in [4.78, 5) is 11.0. The quantitative estimate of drug-likeness (QED) is 0.372. The highest BCUT2D eigenvalue weighted by Gasteiger charge is 2.18. The summed E-state index contributed by atoms with van der Waals surface area (Å²) in [5.74, 6) is -0.431. The van der Waals surface area contributed by atoms with E-state index in [0.29, 0.717) is 5.57 Å². The van der Waals surface area contributed by atoms with Crippen molar-refractivity contribution in [2.45, 2.75) is 25.9 Å². The van der Waals surface area contributed by atoms with Crippen molar-refractivity contribution in [3.63, 3.8) is 0 Å². The first-order chi connectivity index (χ1) is 6.43. The molecule has 0 radical (unpaired) electrons. The van der Waals surface area contributed by atoms with Gasteiger partial charge in [-0.15, -0.1) is 6.58 Å². The minimum atomic E-state index is -0.431. The van der Waals surface area contributed by atoms with Gasteiger partial charge in [0.05, 0.1) is 24.9 Å². The molecule has 0 aliphatic heterocycles. The fourth-order valence-electron chi connectivity index (χ4n) is 0.892. The number of hydrogen-bond acceptors (Lipinski definition) is 3. The Morgan fingerprint density at radius 2 is 2.07 bits per heavy atom. The Labute approximate surface area is 85.4 Å². The van der Waals surface area contributed by atoms with Gasteiger partial charge in [-0.05, 0) is 20.3 Å². The molecule has 0 aromatic carbocycles. The van der Waals surface area contributed by atoms with E-state index in [-0.39, 0.29) is 12.2 Å². The van der Waals surface area contributed by atoms with Crippen molar-refractivity contribution < 1.29 is 14.3 Å². The Balaban J connectivity index is 3.99. The van der Waals surface area contributed by atoms with Crippen LogP contribution in [0.1, 0.15) is 20.3 Å². The second kappa shape index (κ2) is 5.60. The molecule has 0 bridgehead atoms. The highest BCUT2D eigenvalue weighted by molar-refractivity contribution is 5.87. The highest BCUT2D eigenvalue weighted by Crippen LogP contribution is 2.15. The lowest BCUT2D eigenvalue weighted by molar-refractivity contribution is -0.137. The summed E-state index contributed by atoms with van der Waals surface area (Å²) >= 11 is 0. The van der Waals surface area contributed by atoms with Crippen LogP contribution in [0.3, 0.4) is 0 Å². The Morgan fingerprint density at radius 3 is 2.50 bits per heavy atom. The van der Waals surface area contributed by atoms with E-state index >= 15 is 0 Å². The minimum Gasteiger partial charge on any atom is -0.466 e. The summed E-state index contributed by atoms with van der Waals surface area (Å²) in [7, 11) is 1.32. The van der Waals surface area contributed by atoms with Crippen molar-refractivity contribution in [2.24, 2.45) is 0 Å². The SMILES string of the molecule is C=CCC(C)(C)OCC(=C)C(=O)OC. The maximum absolute atomic E-state index is 11.0. The average molecular weight is 198 g/mol. The smallest absolute Gasteiger partial charge is 0.335 e. The highest BCUT2D eigenvalue weighted by atomic mass is 16.5. The van der Waals surface area contributed by atoms with Gasteiger partial charge >= 0.3 is 5.97 Å². The van der Waals surface area contributed by atoms with Gasteiger partial charge in [0.15, 0.2) is 0 Å². The molecule has 0 atom stereocenters. The van der Waals surface area contributed by atoms with Crippen LogP contribution in [0, 0.1) is 0 Å². The lowest BCUT2D eigenvalue weighted by atomic mass is 10.1. The van der Waals surface area contributed by atoms with Crippen LogP contribution in [0.15, 0.2) is 24.8 Å². The molecule has 0 amide bonds. The minimum absolute atomic E-state index is 0.188. The molecule has 0 spiro atoms. The predicted octanol–water partition coefficient (Wildman–Crippen LogP) is 2.09. The largest absolute Gasteiger partial charge is 0.466 e. The molecule has 0 aliphatic carbocycles. The van der Waals surface area contributed by atoms with Crippen molar-refractivity contribution in [3.05, 3.63) is 24.8 Å². The van der Waals surface area contributed by atoms with Crippen molar-refractivity contribution >= 4 is 5.97 Å². The van der Waals surface area contributed by atoms with Crippen LogP contribution in [-0.4, -0.2) is 25.3 Å². The second-order valence-electron chi connectivity index (χ2n) is 3.64. The summed E-state index contributed by atoms with van der Waals surface area (Å²) in [6, 6.07) is 0. The summed E-state index contributed by atoms with van der Waals surface area (Å²) in [5, 5.41) is 0. The Kier molecular flexibility index (Phi) is 5.16. The van der Waals surface area contributed by atoms with Crippen LogP contribution >= 0.6 is 0 Å². The lowest BCUT2D eigenvalue weighted by Crippen LogP contribution is -2.25. The van der Waals surface area contributed by atoms with Crippen LogP contribution < -0.4 is 0 Å². The Morgan fingerprint density at radius 1 is 1.50 bits per heavy atom. The zero-order chi connectivity index (χ0) is 11.2. The van der Waals surface area contributed by atoms with Crippen LogP contribution in [-0.2, 0) is 14.3 Å². The molecule has 0 unspecified atom stereocenters. The summed E-state index contributed by atoms with van der Waals surface area (Å²) in [6.45, 7) is 11.2. The van der Waals surface area contributed by atoms with E-state index in [0.717, 1.165) is 6.42 Å². The van der Waals surface area contributed by atoms with Gasteiger partial charge in [-0.1, -0.05) is 12.7 Å². The van der Waals surface area contributed by atoms with Crippen LogP contribution in [0.4, 0.5) is 0 Å². The van der Waals surface area contributed by atoms with Gasteiger partial charge in [0.25, 0.3) is 0 Å². The molecule has 0 aromatic rings. The molecule has 0 aromatic heterocycles. The van der Waals surface area contributed by atoms with E-state index in [1.165, 1.54) is 7.11 Å². The first-order valence-corrected chi connectivity index (χ1v) is 4.44. The monoisotopic (exact) mass is 198 g/mol. The molecule has 0 saturated carbocycles. The number of hydrogen-bond donors (Lipinski definition) is 0. The standard InChI is InChI=1S/C11H18O3/c1-6-7-11(3,4)14-8-9(2)10(12)13-5/h6H,1-2,7-8H2,3-5H3. The first kappa shape index (κ1) is 12.9. The zero-order valence-electron chi connectivity index (χ0n) is 9.13. The van der Waals surface area contributed by atoms with Crippen LogP contribution in [0.5, 0.6) is 0 Å². The maximum Gasteiger partial charge on any atom is 0.335 e. The molecule has 0 saturated heterocycles. The summed E-state index contributed by atoms with van der Waals surface area (Å²) in [6.07, 6.45) is 2.50. The summed E-state index contributed by atoms with van der Waals surface area (Å²) in [5.41, 5.74) is 0.00302. The molecular weight excluding hydrogens is 180 g/mol. The van der Waals surface area contributed by atoms with Crippen LogP contribution in [0.2, 0.25) is 0 Å². The van der Waals surface area contributed by atoms with E-state index in [1.54, 1.807) is 6.08 Å². The maximum atomic E-state index is 11.0. The number of esters is 1. The number of rotatable bonds is 6. The third-order valence-corrected chi connectivity index (χ3v) is 1.75. The van der Waals surface area contributed by atoms with Crippen LogP contribution in [0.25, 0.3) is 0 Å². The fraction of sp³-hybridized carbons (Fsp3) is 0.545. The normalized spacial score (nSPS) is 10.8. The van der Waals surface area contributed by atoms with E-state index in [2.05, 4.69) is 17.9 Å². The van der Waals surface area contributed by atoms with Crippen molar-refractivity contribution in [1.82, 2.24) is 0 Å². The topological polar surface area (TPSA) is 35.5 Å². The van der Waals surface area contributed by atoms with Crippen molar-refractivity contribution in [1.29, 1.82) is 0 Å². The zero-order valence-corrected chi connectivity index (χ0v) is 9.13. The van der Waals surface area contributed by atoms with Gasteiger partial charge in [0.2, 0.25) is 0 Å². The summed E-state index contributed by atoms with van der Waals surface area (Å²) < 4.78 is 9.98. The van der Waals surface area contributed by atoms with Crippen molar-refractivity contribution in [2.75, 3.05) is 13.7 Å². The van der Waals surface area contributed by atoms with Gasteiger partial charge in [-0.2, -0.15) is 0 Å². The third-order valence-electron chi connectivity index (χ3n) is 1.75. The van der Waals surface area contributed by atoms with Gasteiger partial charge in [0, 0.05) is 0 Å². The average Bonchev–Trinajstić information content (AvgIpc) is 2.13. The van der Waals surface area contributed by atoms with Crippen molar-refractivity contribution in [3.8, 4) is 0 Å². The second-order valence-corrected chi connectivity index (χ2v) is 3.64. The molecule has 0 aliphatic rings. The molecule has 14 heavy (non-hydrogen) atoms. The molecule has 3 heteroatoms. The Bertz CT molecular complexity index is 229. The predicted molar refractivity (Wildman–Crippen MR) is 56.0 cm³/mol. The molecule has 80 valence electrons. The molecular formula is C11H18O3. The number of ether oxygens (including phenoxy) is 2. The third kappa shape index (κ3) is 4.82. The fourth-order valence-corrected chi connectivity index (χ4v) is 0.892. The van der Waals surface area contributed by atoms with E-state index in [1.807, 2.05) is 13.8 Å². The molecule has 0 rings (SSSR count). The first-order valence-electron chi connectivity index (χ1n) is 4.44.